The summed E-state index contributed by atoms with van der Waals surface area (Å²) in [7, 11) is 3.44. The molecular weight excluding hydrogens is 322 g/mol. The van der Waals surface area contributed by atoms with Gasteiger partial charge in [-0.05, 0) is 55.1 Å². The van der Waals surface area contributed by atoms with Crippen LogP contribution in [0.15, 0.2) is 10.9 Å². The second-order valence-corrected chi connectivity index (χ2v) is 6.10. The van der Waals surface area contributed by atoms with E-state index >= 15 is 0 Å². The van der Waals surface area contributed by atoms with Crippen LogP contribution >= 0.6 is 23.8 Å². The summed E-state index contributed by atoms with van der Waals surface area (Å²) < 4.78 is 2.60. The van der Waals surface area contributed by atoms with Crippen molar-refractivity contribution in [2.75, 3.05) is 19.1 Å². The lowest BCUT2D eigenvalue weighted by molar-refractivity contribution is 0.687. The maximum absolute atomic E-state index is 12.6. The van der Waals surface area contributed by atoms with Crippen LogP contribution in [-0.2, 0) is 0 Å². The molecule has 0 spiro atoms. The molecule has 1 aromatic heterocycles. The van der Waals surface area contributed by atoms with Gasteiger partial charge in [0, 0.05) is 19.7 Å². The van der Waals surface area contributed by atoms with E-state index in [-0.39, 0.29) is 11.0 Å². The molecule has 2 rings (SSSR count). The van der Waals surface area contributed by atoms with Crippen molar-refractivity contribution in [1.29, 1.82) is 0 Å². The Kier molecular flexibility index (Phi) is 4.30. The van der Waals surface area contributed by atoms with Crippen molar-refractivity contribution < 1.29 is 0 Å². The molecular formula is C14H18ClN5OS. The van der Waals surface area contributed by atoms with Crippen molar-refractivity contribution in [2.45, 2.75) is 20.8 Å². The summed E-state index contributed by atoms with van der Waals surface area (Å²) in [6, 6.07) is 1.87. The maximum Gasteiger partial charge on any atom is 0.370 e. The van der Waals surface area contributed by atoms with Gasteiger partial charge in [0.2, 0.25) is 5.28 Å². The number of aromatic nitrogens is 3. The number of nitrogens with zero attached hydrogens (tertiary/aromatic N) is 4. The van der Waals surface area contributed by atoms with E-state index in [1.165, 1.54) is 9.36 Å². The molecule has 0 amide bonds. The molecule has 8 heteroatoms. The molecule has 0 radical (unpaired) electrons. The number of aryl methyl sites for hydroxylation is 1. The smallest absolute Gasteiger partial charge is 0.370 e. The van der Waals surface area contributed by atoms with Crippen LogP contribution in [0.1, 0.15) is 22.3 Å². The number of hydrogen-bond donors (Lipinski definition) is 1. The first-order valence-corrected chi connectivity index (χ1v) is 7.41. The standard InChI is InChI=1S/C14H18ClN5OS/c1-7-6-10(12(16)22)8(2)9(3)11(7)19-14(21)20(18(4)5)13(15)17-19/h6H,1-5H3,(H2,16,22). The highest BCUT2D eigenvalue weighted by Gasteiger charge is 2.20. The van der Waals surface area contributed by atoms with Gasteiger partial charge in [-0.25, -0.2) is 4.79 Å². The summed E-state index contributed by atoms with van der Waals surface area (Å²) in [5.74, 6) is 0. The molecule has 0 aliphatic heterocycles. The first-order valence-electron chi connectivity index (χ1n) is 6.63. The molecule has 0 saturated heterocycles. The summed E-state index contributed by atoms with van der Waals surface area (Å²) in [6.45, 7) is 5.72. The SMILES string of the molecule is Cc1cc(C(N)=S)c(C)c(C)c1-n1nc(Cl)n(N(C)C)c1=O. The topological polar surface area (TPSA) is 69.1 Å². The fourth-order valence-electron chi connectivity index (χ4n) is 2.47. The Morgan fingerprint density at radius 2 is 1.91 bits per heavy atom. The van der Waals surface area contributed by atoms with Crippen molar-refractivity contribution in [2.24, 2.45) is 5.73 Å². The molecule has 0 bridgehead atoms. The first kappa shape index (κ1) is 16.5. The fraction of sp³-hybridized carbons (Fsp3) is 0.357. The third kappa shape index (κ3) is 2.50. The van der Waals surface area contributed by atoms with Crippen LogP contribution in [0.3, 0.4) is 0 Å². The maximum atomic E-state index is 12.6. The lowest BCUT2D eigenvalue weighted by atomic mass is 9.97. The van der Waals surface area contributed by atoms with Crippen molar-refractivity contribution in [3.8, 4) is 5.69 Å². The number of thiocarbonyl (C=S) groups is 1. The molecule has 2 aromatic rings. The van der Waals surface area contributed by atoms with Crippen LogP contribution in [0.25, 0.3) is 5.69 Å². The van der Waals surface area contributed by atoms with Crippen LogP contribution in [-0.4, -0.2) is 33.5 Å². The Morgan fingerprint density at radius 3 is 2.36 bits per heavy atom. The van der Waals surface area contributed by atoms with Gasteiger partial charge in [-0.2, -0.15) is 9.36 Å². The van der Waals surface area contributed by atoms with Crippen molar-refractivity contribution in [3.05, 3.63) is 44.1 Å². The Balaban J connectivity index is 2.80. The Morgan fingerprint density at radius 1 is 1.32 bits per heavy atom. The van der Waals surface area contributed by atoms with Gasteiger partial charge in [0.05, 0.1) is 5.69 Å². The summed E-state index contributed by atoms with van der Waals surface area (Å²) >= 11 is 11.1. The molecule has 118 valence electrons. The molecule has 0 saturated carbocycles. The van der Waals surface area contributed by atoms with E-state index in [4.69, 9.17) is 29.6 Å². The second kappa shape index (κ2) is 5.73. The summed E-state index contributed by atoms with van der Waals surface area (Å²) in [5.41, 5.74) is 9.60. The van der Waals surface area contributed by atoms with Gasteiger partial charge in [-0.15, -0.1) is 5.10 Å². The normalized spacial score (nSPS) is 10.8. The van der Waals surface area contributed by atoms with Crippen molar-refractivity contribution in [1.82, 2.24) is 14.5 Å². The zero-order valence-electron chi connectivity index (χ0n) is 13.1. The van der Waals surface area contributed by atoms with Crippen LogP contribution in [0.2, 0.25) is 5.28 Å². The van der Waals surface area contributed by atoms with E-state index in [2.05, 4.69) is 5.10 Å². The molecule has 2 N–H and O–H groups in total. The number of hydrogen-bond acceptors (Lipinski definition) is 4. The van der Waals surface area contributed by atoms with Gasteiger partial charge in [-0.3, -0.25) is 0 Å². The predicted molar refractivity (Wildman–Crippen MR) is 93.0 cm³/mol. The lowest BCUT2D eigenvalue weighted by Crippen LogP contribution is -2.37. The zero-order chi connectivity index (χ0) is 16.8. The molecule has 22 heavy (non-hydrogen) atoms. The quantitative estimate of drug-likeness (QED) is 0.857. The summed E-state index contributed by atoms with van der Waals surface area (Å²) in [6.07, 6.45) is 0. The van der Waals surface area contributed by atoms with E-state index in [0.717, 1.165) is 22.3 Å². The lowest BCUT2D eigenvalue weighted by Gasteiger charge is -2.15. The van der Waals surface area contributed by atoms with Crippen molar-refractivity contribution >= 4 is 28.8 Å². The third-order valence-corrected chi connectivity index (χ3v) is 4.11. The minimum Gasteiger partial charge on any atom is -0.389 e. The van der Waals surface area contributed by atoms with Crippen LogP contribution in [0, 0.1) is 20.8 Å². The first-order chi connectivity index (χ1) is 10.2. The van der Waals surface area contributed by atoms with Gasteiger partial charge in [0.1, 0.15) is 4.99 Å². The molecule has 0 aliphatic rings. The van der Waals surface area contributed by atoms with Crippen LogP contribution < -0.4 is 16.4 Å². The minimum absolute atomic E-state index is 0.102. The molecule has 1 heterocycles. The van der Waals surface area contributed by atoms with Gasteiger partial charge >= 0.3 is 5.69 Å². The molecule has 1 aromatic carbocycles. The van der Waals surface area contributed by atoms with Crippen LogP contribution in [0.5, 0.6) is 0 Å². The fourth-order valence-corrected chi connectivity index (χ4v) is 2.98. The molecule has 0 atom stereocenters. The highest BCUT2D eigenvalue weighted by atomic mass is 35.5. The summed E-state index contributed by atoms with van der Waals surface area (Å²) in [5, 5.41) is 5.85. The van der Waals surface area contributed by atoms with Crippen molar-refractivity contribution in [3.63, 3.8) is 0 Å². The third-order valence-electron chi connectivity index (χ3n) is 3.65. The van der Waals surface area contributed by atoms with Gasteiger partial charge < -0.3 is 10.7 Å². The monoisotopic (exact) mass is 339 g/mol. The highest BCUT2D eigenvalue weighted by molar-refractivity contribution is 7.80. The Bertz CT molecular complexity index is 822. The Hall–Kier alpha value is -1.86. The number of rotatable bonds is 3. The van der Waals surface area contributed by atoms with Crippen LogP contribution in [0.4, 0.5) is 0 Å². The zero-order valence-corrected chi connectivity index (χ0v) is 14.7. The predicted octanol–water partition coefficient (Wildman–Crippen LogP) is 1.44. The van der Waals surface area contributed by atoms with E-state index in [9.17, 15) is 4.79 Å². The van der Waals surface area contributed by atoms with Gasteiger partial charge in [0.25, 0.3) is 0 Å². The molecule has 6 nitrogen and oxygen atoms in total. The average Bonchev–Trinajstić information content (AvgIpc) is 2.69. The number of halogens is 1. The number of benzene rings is 1. The average molecular weight is 340 g/mol. The number of nitrogens with two attached hydrogens (primary N) is 1. The molecule has 0 aliphatic carbocycles. The van der Waals surface area contributed by atoms with E-state index in [1.54, 1.807) is 19.1 Å². The highest BCUT2D eigenvalue weighted by Crippen LogP contribution is 2.24. The van der Waals surface area contributed by atoms with Gasteiger partial charge in [0.15, 0.2) is 0 Å². The summed E-state index contributed by atoms with van der Waals surface area (Å²) in [4.78, 5) is 12.9. The molecule has 0 fully saturated rings. The second-order valence-electron chi connectivity index (χ2n) is 5.33. The van der Waals surface area contributed by atoms with E-state index in [0.29, 0.717) is 10.7 Å². The largest absolute Gasteiger partial charge is 0.389 e. The minimum atomic E-state index is -0.330. The van der Waals surface area contributed by atoms with Gasteiger partial charge in [-0.1, -0.05) is 12.2 Å². The van der Waals surface area contributed by atoms with E-state index in [1.807, 2.05) is 26.8 Å². The molecule has 0 unspecified atom stereocenters. The van der Waals surface area contributed by atoms with E-state index < -0.39 is 0 Å². The Labute approximate surface area is 139 Å².